The Morgan fingerprint density at radius 3 is 2.68 bits per heavy atom. The number of benzene rings is 2. The molecule has 0 fully saturated rings. The molecule has 0 aromatic heterocycles. The van der Waals surface area contributed by atoms with Crippen molar-refractivity contribution in [3.05, 3.63) is 62.8 Å². The highest BCUT2D eigenvalue weighted by molar-refractivity contribution is 9.10. The van der Waals surface area contributed by atoms with Gasteiger partial charge in [0, 0.05) is 22.1 Å². The van der Waals surface area contributed by atoms with Crippen LogP contribution in [0.4, 0.5) is 10.1 Å². The third kappa shape index (κ3) is 3.47. The number of aliphatic hydroxyl groups is 1. The molecular weight excluding hydrogens is 333 g/mol. The van der Waals surface area contributed by atoms with Gasteiger partial charge in [-0.05, 0) is 35.9 Å². The molecule has 0 radical (unpaired) electrons. The van der Waals surface area contributed by atoms with Crippen molar-refractivity contribution in [3.63, 3.8) is 0 Å². The van der Waals surface area contributed by atoms with Crippen molar-refractivity contribution in [3.8, 4) is 0 Å². The van der Waals surface area contributed by atoms with E-state index in [0.29, 0.717) is 17.7 Å². The first-order valence-electron chi connectivity index (χ1n) is 5.64. The van der Waals surface area contributed by atoms with Gasteiger partial charge >= 0.3 is 0 Å². The SMILES string of the molecule is Nc1ccc(Br)cc1C(O)Cc1ccc(F)c(Cl)c1. The highest BCUT2D eigenvalue weighted by atomic mass is 79.9. The van der Waals surface area contributed by atoms with Gasteiger partial charge in [0.05, 0.1) is 11.1 Å². The Balaban J connectivity index is 2.22. The lowest BCUT2D eigenvalue weighted by molar-refractivity contribution is 0.179. The Morgan fingerprint density at radius 2 is 2.00 bits per heavy atom. The summed E-state index contributed by atoms with van der Waals surface area (Å²) in [6.07, 6.45) is -0.445. The molecule has 0 aliphatic heterocycles. The van der Waals surface area contributed by atoms with E-state index in [2.05, 4.69) is 15.9 Å². The van der Waals surface area contributed by atoms with E-state index < -0.39 is 11.9 Å². The lowest BCUT2D eigenvalue weighted by atomic mass is 10.00. The minimum atomic E-state index is -0.765. The number of nitrogens with two attached hydrogens (primary N) is 1. The molecule has 2 nitrogen and oxygen atoms in total. The van der Waals surface area contributed by atoms with E-state index >= 15 is 0 Å². The molecule has 0 amide bonds. The van der Waals surface area contributed by atoms with Gasteiger partial charge in [0.1, 0.15) is 5.82 Å². The molecule has 5 heteroatoms. The van der Waals surface area contributed by atoms with Gasteiger partial charge in [-0.1, -0.05) is 33.6 Å². The number of nitrogen functional groups attached to an aromatic ring is 1. The summed E-state index contributed by atoms with van der Waals surface area (Å²) in [5.74, 6) is -0.470. The van der Waals surface area contributed by atoms with E-state index in [1.54, 1.807) is 24.3 Å². The summed E-state index contributed by atoms with van der Waals surface area (Å²) in [4.78, 5) is 0. The zero-order valence-corrected chi connectivity index (χ0v) is 12.2. The summed E-state index contributed by atoms with van der Waals surface area (Å²) < 4.78 is 13.9. The largest absolute Gasteiger partial charge is 0.398 e. The fraction of sp³-hybridized carbons (Fsp3) is 0.143. The van der Waals surface area contributed by atoms with Crippen molar-refractivity contribution < 1.29 is 9.50 Å². The zero-order valence-electron chi connectivity index (χ0n) is 9.91. The fourth-order valence-electron chi connectivity index (χ4n) is 1.83. The highest BCUT2D eigenvalue weighted by Gasteiger charge is 2.13. The van der Waals surface area contributed by atoms with Crippen LogP contribution >= 0.6 is 27.5 Å². The fourth-order valence-corrected chi connectivity index (χ4v) is 2.42. The van der Waals surface area contributed by atoms with Gasteiger partial charge in [-0.15, -0.1) is 0 Å². The summed E-state index contributed by atoms with van der Waals surface area (Å²) >= 11 is 9.04. The predicted octanol–water partition coefficient (Wildman–Crippen LogP) is 4.10. The molecule has 0 bridgehead atoms. The van der Waals surface area contributed by atoms with Gasteiger partial charge in [0.2, 0.25) is 0 Å². The summed E-state index contributed by atoms with van der Waals surface area (Å²) in [7, 11) is 0. The second-order valence-corrected chi connectivity index (χ2v) is 5.56. The van der Waals surface area contributed by atoms with Crippen molar-refractivity contribution in [2.45, 2.75) is 12.5 Å². The van der Waals surface area contributed by atoms with Gasteiger partial charge in [-0.3, -0.25) is 0 Å². The van der Waals surface area contributed by atoms with Crippen LogP contribution in [0.1, 0.15) is 17.2 Å². The molecule has 1 atom stereocenters. The predicted molar refractivity (Wildman–Crippen MR) is 78.6 cm³/mol. The van der Waals surface area contributed by atoms with Crippen LogP contribution in [0.3, 0.4) is 0 Å². The Morgan fingerprint density at radius 1 is 1.26 bits per heavy atom. The first kappa shape index (κ1) is 14.3. The van der Waals surface area contributed by atoms with Crippen LogP contribution < -0.4 is 5.73 Å². The van der Waals surface area contributed by atoms with Crippen molar-refractivity contribution in [2.24, 2.45) is 0 Å². The lowest BCUT2D eigenvalue weighted by Gasteiger charge is -2.14. The Kier molecular flexibility index (Phi) is 4.45. The monoisotopic (exact) mass is 343 g/mol. The van der Waals surface area contributed by atoms with Gasteiger partial charge < -0.3 is 10.8 Å². The molecule has 19 heavy (non-hydrogen) atoms. The summed E-state index contributed by atoms with van der Waals surface area (Å²) in [6, 6.07) is 9.69. The van der Waals surface area contributed by atoms with E-state index in [4.69, 9.17) is 17.3 Å². The molecule has 0 spiro atoms. The van der Waals surface area contributed by atoms with Gasteiger partial charge in [0.25, 0.3) is 0 Å². The third-order valence-corrected chi connectivity index (χ3v) is 3.60. The van der Waals surface area contributed by atoms with E-state index in [1.165, 1.54) is 12.1 Å². The summed E-state index contributed by atoms with van der Waals surface area (Å²) in [5, 5.41) is 10.2. The molecule has 2 rings (SSSR count). The Bertz CT molecular complexity index is 606. The minimum Gasteiger partial charge on any atom is -0.398 e. The second-order valence-electron chi connectivity index (χ2n) is 4.24. The van der Waals surface area contributed by atoms with Crippen molar-refractivity contribution in [1.29, 1.82) is 0 Å². The molecule has 0 heterocycles. The number of rotatable bonds is 3. The Labute approximate surface area is 124 Å². The van der Waals surface area contributed by atoms with Crippen molar-refractivity contribution in [1.82, 2.24) is 0 Å². The number of hydrogen-bond acceptors (Lipinski definition) is 2. The molecule has 2 aromatic rings. The van der Waals surface area contributed by atoms with E-state index in [1.807, 2.05) is 0 Å². The molecular formula is C14H12BrClFNO. The quantitative estimate of drug-likeness (QED) is 0.824. The topological polar surface area (TPSA) is 46.2 Å². The number of hydrogen-bond donors (Lipinski definition) is 2. The van der Waals surface area contributed by atoms with Gasteiger partial charge in [-0.2, -0.15) is 0 Å². The van der Waals surface area contributed by atoms with E-state index in [-0.39, 0.29) is 5.02 Å². The maximum absolute atomic E-state index is 13.1. The molecule has 100 valence electrons. The second kappa shape index (κ2) is 5.90. The molecule has 3 N–H and O–H groups in total. The standard InChI is InChI=1S/C14H12BrClFNO/c15-9-2-4-13(18)10(7-9)14(19)6-8-1-3-12(17)11(16)5-8/h1-5,7,14,19H,6,18H2. The van der Waals surface area contributed by atoms with E-state index in [9.17, 15) is 9.50 Å². The molecule has 2 aromatic carbocycles. The van der Waals surface area contributed by atoms with Crippen molar-refractivity contribution >= 4 is 33.2 Å². The van der Waals surface area contributed by atoms with Crippen LogP contribution in [0, 0.1) is 5.82 Å². The van der Waals surface area contributed by atoms with Gasteiger partial charge in [-0.25, -0.2) is 4.39 Å². The summed E-state index contributed by atoms with van der Waals surface area (Å²) in [5.41, 5.74) is 7.73. The molecule has 0 saturated carbocycles. The summed E-state index contributed by atoms with van der Waals surface area (Å²) in [6.45, 7) is 0. The number of aliphatic hydroxyl groups excluding tert-OH is 1. The van der Waals surface area contributed by atoms with Crippen LogP contribution in [0.5, 0.6) is 0 Å². The van der Waals surface area contributed by atoms with Crippen LogP contribution in [0.25, 0.3) is 0 Å². The number of halogens is 3. The Hall–Kier alpha value is -1.10. The maximum atomic E-state index is 13.1. The van der Waals surface area contributed by atoms with Crippen LogP contribution in [-0.2, 0) is 6.42 Å². The average molecular weight is 345 g/mol. The highest BCUT2D eigenvalue weighted by Crippen LogP contribution is 2.28. The van der Waals surface area contributed by atoms with Gasteiger partial charge in [0.15, 0.2) is 0 Å². The molecule has 0 aliphatic rings. The third-order valence-electron chi connectivity index (χ3n) is 2.82. The molecule has 1 unspecified atom stereocenters. The van der Waals surface area contributed by atoms with E-state index in [0.717, 1.165) is 10.0 Å². The maximum Gasteiger partial charge on any atom is 0.141 e. The lowest BCUT2D eigenvalue weighted by Crippen LogP contribution is -2.05. The normalized spacial score (nSPS) is 12.4. The first-order valence-corrected chi connectivity index (χ1v) is 6.81. The zero-order chi connectivity index (χ0) is 14.0. The van der Waals surface area contributed by atoms with Crippen LogP contribution in [0.15, 0.2) is 40.9 Å². The smallest absolute Gasteiger partial charge is 0.141 e. The molecule has 0 saturated heterocycles. The first-order chi connectivity index (χ1) is 8.97. The number of anilines is 1. The molecule has 0 aliphatic carbocycles. The van der Waals surface area contributed by atoms with Crippen molar-refractivity contribution in [2.75, 3.05) is 5.73 Å². The average Bonchev–Trinajstić information content (AvgIpc) is 2.36. The van der Waals surface area contributed by atoms with Crippen LogP contribution in [-0.4, -0.2) is 5.11 Å². The minimum absolute atomic E-state index is 0.0481. The van der Waals surface area contributed by atoms with Crippen LogP contribution in [0.2, 0.25) is 5.02 Å².